The number of benzene rings is 2. The van der Waals surface area contributed by atoms with Crippen LogP contribution in [-0.4, -0.2) is 0 Å². The van der Waals surface area contributed by atoms with Crippen molar-refractivity contribution in [3.05, 3.63) is 64.9 Å². The van der Waals surface area contributed by atoms with Crippen LogP contribution in [0.3, 0.4) is 0 Å². The Labute approximate surface area is 88.4 Å². The van der Waals surface area contributed by atoms with E-state index in [4.69, 9.17) is 0 Å². The number of hydrogen-bond acceptors (Lipinski definition) is 1. The van der Waals surface area contributed by atoms with Crippen molar-refractivity contribution in [2.75, 3.05) is 0 Å². The quantitative estimate of drug-likeness (QED) is 0.642. The highest BCUT2D eigenvalue weighted by Gasteiger charge is 2.21. The summed E-state index contributed by atoms with van der Waals surface area (Å²) in [6.07, 6.45) is 0.873. The number of fused-ring (bicyclic) bond motifs is 2. The predicted octanol–water partition coefficient (Wildman–Crippen LogP) is 1.94. The van der Waals surface area contributed by atoms with Crippen molar-refractivity contribution in [3.63, 3.8) is 0 Å². The van der Waals surface area contributed by atoms with Gasteiger partial charge in [0.05, 0.1) is 0 Å². The highest BCUT2D eigenvalue weighted by molar-refractivity contribution is 5.54. The fraction of sp³-hybridized carbons (Fsp3) is 0.0769. The van der Waals surface area contributed by atoms with Crippen LogP contribution in [-0.2, 0) is 6.42 Å². The largest absolute Gasteiger partial charge is 0.623 e. The van der Waals surface area contributed by atoms with Crippen molar-refractivity contribution in [2.24, 2.45) is 0 Å². The maximum absolute atomic E-state index is 12.1. The van der Waals surface area contributed by atoms with Gasteiger partial charge in [-0.3, -0.25) is 0 Å². The lowest BCUT2D eigenvalue weighted by molar-refractivity contribution is -0.700. The minimum Gasteiger partial charge on any atom is -0.623 e. The van der Waals surface area contributed by atoms with E-state index >= 15 is 0 Å². The summed E-state index contributed by atoms with van der Waals surface area (Å²) >= 11 is 0. The third-order valence-electron chi connectivity index (χ3n) is 2.90. The first-order valence-corrected chi connectivity index (χ1v) is 5.07. The minimum atomic E-state index is 0.160. The highest BCUT2D eigenvalue weighted by Crippen LogP contribution is 2.25. The molecule has 0 fully saturated rings. The molecule has 2 aromatic rings. The Hall–Kier alpha value is -1.64. The van der Waals surface area contributed by atoms with Crippen molar-refractivity contribution in [1.29, 1.82) is 0 Å². The Morgan fingerprint density at radius 3 is 1.80 bits per heavy atom. The Bertz CT molecular complexity index is 462. The summed E-state index contributed by atoms with van der Waals surface area (Å²) in [5.74, 6) is 0. The van der Waals surface area contributed by atoms with Crippen LogP contribution in [0.1, 0.15) is 11.1 Å². The monoisotopic (exact) mass is 197 g/mol. The van der Waals surface area contributed by atoms with Crippen LogP contribution < -0.4 is 5.06 Å². The van der Waals surface area contributed by atoms with E-state index in [2.05, 4.69) is 0 Å². The van der Waals surface area contributed by atoms with Crippen LogP contribution in [0.2, 0.25) is 0 Å². The van der Waals surface area contributed by atoms with Gasteiger partial charge >= 0.3 is 0 Å². The fourth-order valence-corrected chi connectivity index (χ4v) is 2.14. The zero-order valence-corrected chi connectivity index (χ0v) is 8.23. The van der Waals surface area contributed by atoms with Crippen molar-refractivity contribution < 1.29 is 5.06 Å². The smallest absolute Gasteiger partial charge is 0.139 e. The van der Waals surface area contributed by atoms with Gasteiger partial charge in [0.15, 0.2) is 0 Å². The molecule has 0 radical (unpaired) electrons. The third-order valence-corrected chi connectivity index (χ3v) is 2.90. The van der Waals surface area contributed by atoms with Crippen LogP contribution >= 0.6 is 0 Å². The van der Waals surface area contributed by atoms with Crippen molar-refractivity contribution >= 4 is 11.4 Å². The molecule has 1 N–H and O–H groups in total. The molecule has 0 spiro atoms. The first kappa shape index (κ1) is 8.65. The van der Waals surface area contributed by atoms with E-state index in [0.29, 0.717) is 0 Å². The van der Waals surface area contributed by atoms with E-state index in [1.807, 2.05) is 48.5 Å². The molecule has 0 saturated heterocycles. The molecule has 3 rings (SSSR count). The molecule has 0 aliphatic carbocycles. The van der Waals surface area contributed by atoms with Gasteiger partial charge in [0.2, 0.25) is 0 Å². The Morgan fingerprint density at radius 2 is 1.27 bits per heavy atom. The van der Waals surface area contributed by atoms with E-state index < -0.39 is 0 Å². The highest BCUT2D eigenvalue weighted by atomic mass is 16.5. The summed E-state index contributed by atoms with van der Waals surface area (Å²) in [5, 5.41) is 12.3. The van der Waals surface area contributed by atoms with E-state index in [9.17, 15) is 5.21 Å². The molecular weight excluding hydrogens is 186 g/mol. The summed E-state index contributed by atoms with van der Waals surface area (Å²) in [4.78, 5) is 0. The third kappa shape index (κ3) is 1.27. The van der Waals surface area contributed by atoms with Crippen molar-refractivity contribution in [3.8, 4) is 0 Å². The van der Waals surface area contributed by atoms with E-state index in [0.717, 1.165) is 28.9 Å². The average molecular weight is 197 g/mol. The molecule has 1 aliphatic heterocycles. The number of hydrogen-bond donors (Lipinski definition) is 1. The second kappa shape index (κ2) is 3.19. The molecular formula is C13H11NO. The number of quaternary nitrogens is 1. The predicted molar refractivity (Wildman–Crippen MR) is 59.3 cm³/mol. The van der Waals surface area contributed by atoms with Gasteiger partial charge < -0.3 is 10.3 Å². The lowest BCUT2D eigenvalue weighted by Crippen LogP contribution is -2.97. The average Bonchev–Trinajstić information content (AvgIpc) is 2.30. The molecule has 0 atom stereocenters. The van der Waals surface area contributed by atoms with Gasteiger partial charge in [-0.05, 0) is 0 Å². The van der Waals surface area contributed by atoms with Crippen molar-refractivity contribution in [2.45, 2.75) is 6.42 Å². The van der Waals surface area contributed by atoms with Crippen LogP contribution in [0.15, 0.2) is 48.5 Å². The second-order valence-corrected chi connectivity index (χ2v) is 3.82. The number of rotatable bonds is 0. The first-order chi connectivity index (χ1) is 7.36. The van der Waals surface area contributed by atoms with Crippen LogP contribution in [0.25, 0.3) is 0 Å². The molecule has 1 aliphatic rings. The second-order valence-electron chi connectivity index (χ2n) is 3.82. The standard InChI is InChI=1S/C13H11NO/c15-14-12-7-3-1-5-10(12)9-11-6-2-4-8-13(11)14/h1-8,14H,9H2. The Balaban J connectivity index is 2.20. The van der Waals surface area contributed by atoms with Gasteiger partial charge in [0, 0.05) is 29.7 Å². The minimum absolute atomic E-state index is 0.160. The van der Waals surface area contributed by atoms with Crippen molar-refractivity contribution in [1.82, 2.24) is 0 Å². The molecule has 2 aromatic carbocycles. The summed E-state index contributed by atoms with van der Waals surface area (Å²) in [6, 6.07) is 15.7. The molecule has 0 amide bonds. The molecule has 2 heteroatoms. The van der Waals surface area contributed by atoms with Gasteiger partial charge in [-0.1, -0.05) is 36.4 Å². The fourth-order valence-electron chi connectivity index (χ4n) is 2.14. The van der Waals surface area contributed by atoms with Crippen LogP contribution in [0.5, 0.6) is 0 Å². The zero-order valence-electron chi connectivity index (χ0n) is 8.23. The number of para-hydroxylation sites is 2. The van der Waals surface area contributed by atoms with E-state index in [1.54, 1.807) is 0 Å². The van der Waals surface area contributed by atoms with Crippen LogP contribution in [0, 0.1) is 5.21 Å². The van der Waals surface area contributed by atoms with E-state index in [-0.39, 0.29) is 5.06 Å². The first-order valence-electron chi connectivity index (χ1n) is 5.07. The lowest BCUT2D eigenvalue weighted by Gasteiger charge is -2.29. The summed E-state index contributed by atoms with van der Waals surface area (Å²) in [7, 11) is 0. The van der Waals surface area contributed by atoms with Gasteiger partial charge in [-0.2, -0.15) is 0 Å². The molecule has 74 valence electrons. The zero-order chi connectivity index (χ0) is 10.3. The van der Waals surface area contributed by atoms with E-state index in [1.165, 1.54) is 0 Å². The Morgan fingerprint density at radius 1 is 0.800 bits per heavy atom. The Kier molecular flexibility index (Phi) is 1.84. The molecule has 0 unspecified atom stereocenters. The summed E-state index contributed by atoms with van der Waals surface area (Å²) in [6.45, 7) is 0. The maximum atomic E-state index is 12.1. The SMILES string of the molecule is [O-][NH+]1c2ccccc2Cc2ccccc21. The normalized spacial score (nSPS) is 14.5. The van der Waals surface area contributed by atoms with Crippen LogP contribution in [0.4, 0.5) is 11.4 Å². The van der Waals surface area contributed by atoms with Gasteiger partial charge in [0.25, 0.3) is 0 Å². The molecule has 0 aromatic heterocycles. The molecule has 2 nitrogen and oxygen atoms in total. The molecule has 1 heterocycles. The molecule has 0 bridgehead atoms. The number of nitrogens with one attached hydrogen (secondary N) is 1. The molecule has 15 heavy (non-hydrogen) atoms. The van der Waals surface area contributed by atoms with Gasteiger partial charge in [-0.15, -0.1) is 0 Å². The molecule has 0 saturated carbocycles. The topological polar surface area (TPSA) is 27.5 Å². The maximum Gasteiger partial charge on any atom is 0.139 e. The van der Waals surface area contributed by atoms with Gasteiger partial charge in [0.1, 0.15) is 11.4 Å². The lowest BCUT2D eigenvalue weighted by atomic mass is 9.97. The summed E-state index contributed by atoms with van der Waals surface area (Å²) < 4.78 is 0. The van der Waals surface area contributed by atoms with Gasteiger partial charge in [-0.25, -0.2) is 0 Å². The summed E-state index contributed by atoms with van der Waals surface area (Å²) in [5.41, 5.74) is 4.00.